The van der Waals surface area contributed by atoms with Gasteiger partial charge in [-0.15, -0.1) is 0 Å². The molecule has 6 nitrogen and oxygen atoms in total. The van der Waals surface area contributed by atoms with E-state index < -0.39 is 6.09 Å². The van der Waals surface area contributed by atoms with Crippen molar-refractivity contribution in [3.63, 3.8) is 0 Å². The molecular weight excluding hydrogens is 356 g/mol. The molecule has 1 aliphatic heterocycles. The SMILES string of the molecule is O=C1c2ccccc2C(=O)N1c1ccc([C@@H]2C[C@H]2N(CC2CC2)C(=O)O)cc1. The highest BCUT2D eigenvalue weighted by Gasteiger charge is 2.46. The molecule has 0 saturated heterocycles. The summed E-state index contributed by atoms with van der Waals surface area (Å²) in [5, 5.41) is 9.50. The maximum atomic E-state index is 12.6. The second-order valence-corrected chi connectivity index (χ2v) is 7.87. The van der Waals surface area contributed by atoms with Gasteiger partial charge in [0.1, 0.15) is 0 Å². The Kier molecular flexibility index (Phi) is 3.75. The molecule has 2 aromatic carbocycles. The zero-order valence-corrected chi connectivity index (χ0v) is 15.2. The quantitative estimate of drug-likeness (QED) is 0.807. The summed E-state index contributed by atoms with van der Waals surface area (Å²) in [6.45, 7) is 0.629. The number of carboxylic acid groups (broad SMARTS) is 1. The Morgan fingerprint density at radius 1 is 1.00 bits per heavy atom. The van der Waals surface area contributed by atoms with Crippen molar-refractivity contribution >= 4 is 23.6 Å². The molecule has 0 aromatic heterocycles. The van der Waals surface area contributed by atoms with Gasteiger partial charge >= 0.3 is 6.09 Å². The number of fused-ring (bicyclic) bond motifs is 1. The summed E-state index contributed by atoms with van der Waals surface area (Å²) < 4.78 is 0. The van der Waals surface area contributed by atoms with Crippen LogP contribution >= 0.6 is 0 Å². The van der Waals surface area contributed by atoms with Gasteiger partial charge in [0.25, 0.3) is 11.8 Å². The predicted molar refractivity (Wildman–Crippen MR) is 103 cm³/mol. The predicted octanol–water partition coefficient (Wildman–Crippen LogP) is 3.73. The Hall–Kier alpha value is -3.15. The molecule has 0 bridgehead atoms. The third-order valence-electron chi connectivity index (χ3n) is 5.93. The van der Waals surface area contributed by atoms with Crippen molar-refractivity contribution in [2.24, 2.45) is 5.92 Å². The maximum absolute atomic E-state index is 12.6. The number of hydrogen-bond donors (Lipinski definition) is 1. The zero-order chi connectivity index (χ0) is 19.4. The van der Waals surface area contributed by atoms with E-state index in [4.69, 9.17) is 0 Å². The van der Waals surface area contributed by atoms with Crippen LogP contribution in [0, 0.1) is 5.92 Å². The number of benzene rings is 2. The van der Waals surface area contributed by atoms with Crippen molar-refractivity contribution in [3.05, 3.63) is 65.2 Å². The van der Waals surface area contributed by atoms with Crippen molar-refractivity contribution in [1.29, 1.82) is 0 Å². The molecule has 6 heteroatoms. The molecule has 0 unspecified atom stereocenters. The van der Waals surface area contributed by atoms with Gasteiger partial charge in [-0.05, 0) is 55.0 Å². The highest BCUT2D eigenvalue weighted by Crippen LogP contribution is 2.46. The van der Waals surface area contributed by atoms with Gasteiger partial charge in [-0.3, -0.25) is 9.59 Å². The fourth-order valence-electron chi connectivity index (χ4n) is 4.11. The largest absolute Gasteiger partial charge is 0.465 e. The second kappa shape index (κ2) is 6.19. The summed E-state index contributed by atoms with van der Waals surface area (Å²) in [4.78, 5) is 39.6. The van der Waals surface area contributed by atoms with E-state index in [1.807, 2.05) is 12.1 Å². The first-order valence-electron chi connectivity index (χ1n) is 9.62. The van der Waals surface area contributed by atoms with E-state index in [0.717, 1.165) is 24.8 Å². The Morgan fingerprint density at radius 3 is 2.14 bits per heavy atom. The average Bonchev–Trinajstić information content (AvgIpc) is 3.61. The summed E-state index contributed by atoms with van der Waals surface area (Å²) in [7, 11) is 0. The summed E-state index contributed by atoms with van der Waals surface area (Å²) in [5.41, 5.74) is 2.44. The lowest BCUT2D eigenvalue weighted by Crippen LogP contribution is -2.34. The van der Waals surface area contributed by atoms with E-state index in [1.54, 1.807) is 41.3 Å². The van der Waals surface area contributed by atoms with Crippen LogP contribution in [-0.2, 0) is 0 Å². The topological polar surface area (TPSA) is 77.9 Å². The molecule has 1 N–H and O–H groups in total. The number of imide groups is 1. The van der Waals surface area contributed by atoms with Crippen LogP contribution in [0.1, 0.15) is 51.5 Å². The monoisotopic (exact) mass is 376 g/mol. The van der Waals surface area contributed by atoms with Gasteiger partial charge in [-0.2, -0.15) is 0 Å². The summed E-state index contributed by atoms with van der Waals surface area (Å²) in [6, 6.07) is 14.2. The molecule has 28 heavy (non-hydrogen) atoms. The summed E-state index contributed by atoms with van der Waals surface area (Å²) >= 11 is 0. The molecule has 0 radical (unpaired) electrons. The van der Waals surface area contributed by atoms with E-state index in [-0.39, 0.29) is 23.8 Å². The fourth-order valence-corrected chi connectivity index (χ4v) is 4.11. The Balaban J connectivity index is 1.33. The van der Waals surface area contributed by atoms with E-state index in [2.05, 4.69) is 0 Å². The zero-order valence-electron chi connectivity index (χ0n) is 15.2. The molecule has 2 atom stereocenters. The Labute approximate surface area is 162 Å². The molecule has 2 saturated carbocycles. The Bertz CT molecular complexity index is 945. The number of carbonyl (C=O) groups is 3. The van der Waals surface area contributed by atoms with E-state index in [1.165, 1.54) is 4.90 Å². The fraction of sp³-hybridized carbons (Fsp3) is 0.318. The molecule has 3 aliphatic rings. The summed E-state index contributed by atoms with van der Waals surface area (Å²) in [5.74, 6) is 0.0953. The van der Waals surface area contributed by atoms with Crippen molar-refractivity contribution < 1.29 is 19.5 Å². The first-order chi connectivity index (χ1) is 13.5. The second-order valence-electron chi connectivity index (χ2n) is 7.87. The Morgan fingerprint density at radius 2 is 1.61 bits per heavy atom. The molecule has 5 rings (SSSR count). The van der Waals surface area contributed by atoms with E-state index in [9.17, 15) is 19.5 Å². The van der Waals surface area contributed by atoms with Crippen molar-refractivity contribution in [1.82, 2.24) is 4.90 Å². The van der Waals surface area contributed by atoms with Crippen LogP contribution < -0.4 is 4.90 Å². The van der Waals surface area contributed by atoms with Gasteiger partial charge in [0.2, 0.25) is 0 Å². The van der Waals surface area contributed by atoms with E-state index >= 15 is 0 Å². The highest BCUT2D eigenvalue weighted by molar-refractivity contribution is 6.34. The average molecular weight is 376 g/mol. The van der Waals surface area contributed by atoms with Gasteiger partial charge in [0, 0.05) is 18.5 Å². The number of hydrogen-bond acceptors (Lipinski definition) is 3. The number of amides is 3. The van der Waals surface area contributed by atoms with Gasteiger partial charge in [-0.25, -0.2) is 9.69 Å². The molecular formula is C22H20N2O4. The van der Waals surface area contributed by atoms with Crippen LogP contribution in [0.4, 0.5) is 10.5 Å². The third-order valence-corrected chi connectivity index (χ3v) is 5.93. The molecule has 2 aliphatic carbocycles. The lowest BCUT2D eigenvalue weighted by atomic mass is 10.1. The van der Waals surface area contributed by atoms with Crippen molar-refractivity contribution in [3.8, 4) is 0 Å². The standard InChI is InChI=1S/C22H20N2O4/c25-20-16-3-1-2-4-17(16)21(26)24(20)15-9-7-14(8-10-15)18-11-19(18)23(22(27)28)12-13-5-6-13/h1-4,7-10,13,18-19H,5-6,11-12H2,(H,27,28)/t18-,19+/m0/s1. The maximum Gasteiger partial charge on any atom is 0.407 e. The van der Waals surface area contributed by atoms with Crippen LogP contribution in [-0.4, -0.2) is 40.5 Å². The molecule has 142 valence electrons. The molecule has 2 aromatic rings. The number of nitrogens with zero attached hydrogens (tertiary/aromatic N) is 2. The molecule has 3 amide bonds. The molecule has 0 spiro atoms. The normalized spacial score (nSPS) is 22.9. The highest BCUT2D eigenvalue weighted by atomic mass is 16.4. The van der Waals surface area contributed by atoms with E-state index in [0.29, 0.717) is 29.3 Å². The van der Waals surface area contributed by atoms with Crippen LogP contribution in [0.5, 0.6) is 0 Å². The minimum absolute atomic E-state index is 0.0308. The van der Waals surface area contributed by atoms with Gasteiger partial charge < -0.3 is 10.0 Å². The first kappa shape index (κ1) is 17.0. The van der Waals surface area contributed by atoms with Crippen LogP contribution in [0.3, 0.4) is 0 Å². The van der Waals surface area contributed by atoms with Gasteiger partial charge in [0.05, 0.1) is 16.8 Å². The number of anilines is 1. The van der Waals surface area contributed by atoms with Crippen LogP contribution in [0.15, 0.2) is 48.5 Å². The molecule has 1 heterocycles. The van der Waals surface area contributed by atoms with Crippen LogP contribution in [0.2, 0.25) is 0 Å². The molecule has 2 fully saturated rings. The third kappa shape index (κ3) is 2.76. The number of carbonyl (C=O) groups excluding carboxylic acids is 2. The first-order valence-corrected chi connectivity index (χ1v) is 9.62. The summed E-state index contributed by atoms with van der Waals surface area (Å²) in [6.07, 6.45) is 2.22. The number of rotatable bonds is 5. The smallest absolute Gasteiger partial charge is 0.407 e. The minimum atomic E-state index is -0.845. The lowest BCUT2D eigenvalue weighted by Gasteiger charge is -2.19. The van der Waals surface area contributed by atoms with Crippen molar-refractivity contribution in [2.75, 3.05) is 11.4 Å². The van der Waals surface area contributed by atoms with Crippen molar-refractivity contribution in [2.45, 2.75) is 31.2 Å². The lowest BCUT2D eigenvalue weighted by molar-refractivity contribution is 0.0926. The van der Waals surface area contributed by atoms with Crippen LogP contribution in [0.25, 0.3) is 0 Å². The van der Waals surface area contributed by atoms with Gasteiger partial charge in [0.15, 0.2) is 0 Å². The van der Waals surface area contributed by atoms with Gasteiger partial charge in [-0.1, -0.05) is 24.3 Å². The minimum Gasteiger partial charge on any atom is -0.465 e.